The second-order valence-electron chi connectivity index (χ2n) is 6.20. The van der Waals surface area contributed by atoms with E-state index >= 15 is 0 Å². The predicted molar refractivity (Wildman–Crippen MR) is 102 cm³/mol. The fourth-order valence-electron chi connectivity index (χ4n) is 3.19. The molecule has 0 saturated heterocycles. The summed E-state index contributed by atoms with van der Waals surface area (Å²) in [6, 6.07) is 5.30. The highest BCUT2D eigenvalue weighted by Crippen LogP contribution is 2.33. The normalized spacial score (nSPS) is 15.6. The molecule has 0 aliphatic heterocycles. The first-order valence-electron chi connectivity index (χ1n) is 8.22. The van der Waals surface area contributed by atoms with E-state index in [0.717, 1.165) is 36.9 Å². The van der Waals surface area contributed by atoms with Crippen molar-refractivity contribution in [2.45, 2.75) is 32.1 Å². The van der Waals surface area contributed by atoms with Crippen molar-refractivity contribution in [3.63, 3.8) is 0 Å². The summed E-state index contributed by atoms with van der Waals surface area (Å²) in [6.45, 7) is 0. The number of aromatic nitrogens is 3. The number of halogens is 2. The van der Waals surface area contributed by atoms with Crippen LogP contribution in [0.25, 0.3) is 16.2 Å². The third-order valence-corrected chi connectivity index (χ3v) is 5.88. The van der Waals surface area contributed by atoms with Gasteiger partial charge in [0.1, 0.15) is 0 Å². The van der Waals surface area contributed by atoms with Crippen LogP contribution in [0.5, 0.6) is 0 Å². The van der Waals surface area contributed by atoms with Gasteiger partial charge in [0.2, 0.25) is 16.8 Å². The van der Waals surface area contributed by atoms with E-state index < -0.39 is 0 Å². The van der Waals surface area contributed by atoms with Gasteiger partial charge in [-0.1, -0.05) is 42.5 Å². The molecule has 0 spiro atoms. The van der Waals surface area contributed by atoms with Gasteiger partial charge in [-0.05, 0) is 31.0 Å². The van der Waals surface area contributed by atoms with E-state index in [4.69, 9.17) is 23.2 Å². The number of rotatable bonds is 3. The number of amides is 1. The fourth-order valence-corrected chi connectivity index (χ4v) is 4.40. The van der Waals surface area contributed by atoms with Crippen molar-refractivity contribution in [1.29, 1.82) is 0 Å². The molecular weight excluding hydrogens is 379 g/mol. The Bertz CT molecular complexity index is 930. The molecule has 1 saturated carbocycles. The van der Waals surface area contributed by atoms with Gasteiger partial charge in [0, 0.05) is 21.9 Å². The molecule has 4 rings (SSSR count). The number of anilines is 1. The second kappa shape index (κ2) is 6.94. The molecule has 1 aromatic carbocycles. The van der Waals surface area contributed by atoms with Crippen LogP contribution in [0.4, 0.5) is 5.95 Å². The highest BCUT2D eigenvalue weighted by atomic mass is 35.5. The van der Waals surface area contributed by atoms with E-state index in [1.165, 1.54) is 17.8 Å². The summed E-state index contributed by atoms with van der Waals surface area (Å²) >= 11 is 13.8. The highest BCUT2D eigenvalue weighted by Gasteiger charge is 2.23. The van der Waals surface area contributed by atoms with Crippen molar-refractivity contribution in [1.82, 2.24) is 14.6 Å². The lowest BCUT2D eigenvalue weighted by molar-refractivity contribution is -0.120. The first-order valence-corrected chi connectivity index (χ1v) is 9.86. The van der Waals surface area contributed by atoms with E-state index in [-0.39, 0.29) is 11.8 Å². The van der Waals surface area contributed by atoms with Crippen LogP contribution in [0, 0.1) is 5.92 Å². The lowest BCUT2D eigenvalue weighted by Gasteiger charge is -2.19. The molecule has 8 heteroatoms. The molecule has 25 heavy (non-hydrogen) atoms. The number of carbonyl (C=O) groups excluding carboxylic acids is 1. The molecule has 5 nitrogen and oxygen atoms in total. The number of carbonyl (C=O) groups is 1. The number of benzene rings is 1. The van der Waals surface area contributed by atoms with E-state index in [1.54, 1.807) is 22.7 Å². The van der Waals surface area contributed by atoms with Gasteiger partial charge in [-0.2, -0.15) is 4.98 Å². The molecule has 1 N–H and O–H groups in total. The van der Waals surface area contributed by atoms with Gasteiger partial charge in [-0.15, -0.1) is 16.4 Å². The van der Waals surface area contributed by atoms with E-state index in [2.05, 4.69) is 15.4 Å². The number of hydrogen-bond acceptors (Lipinski definition) is 4. The molecule has 0 atom stereocenters. The van der Waals surface area contributed by atoms with Gasteiger partial charge in [0.25, 0.3) is 0 Å². The summed E-state index contributed by atoms with van der Waals surface area (Å²) in [4.78, 5) is 17.5. The molecule has 0 bridgehead atoms. The van der Waals surface area contributed by atoms with Gasteiger partial charge in [0.05, 0.1) is 10.7 Å². The zero-order chi connectivity index (χ0) is 17.4. The van der Waals surface area contributed by atoms with Crippen molar-refractivity contribution >= 4 is 51.4 Å². The first kappa shape index (κ1) is 16.8. The Kier molecular flexibility index (Phi) is 4.67. The average molecular weight is 395 g/mol. The van der Waals surface area contributed by atoms with Crippen LogP contribution in [0.15, 0.2) is 23.6 Å². The maximum Gasteiger partial charge on any atom is 0.250 e. The smallest absolute Gasteiger partial charge is 0.250 e. The van der Waals surface area contributed by atoms with Gasteiger partial charge in [-0.3, -0.25) is 10.1 Å². The topological polar surface area (TPSA) is 59.3 Å². The summed E-state index contributed by atoms with van der Waals surface area (Å²) in [5.74, 6) is 0.416. The van der Waals surface area contributed by atoms with E-state index in [1.807, 2.05) is 5.38 Å². The predicted octanol–water partition coefficient (Wildman–Crippen LogP) is 5.28. The monoisotopic (exact) mass is 394 g/mol. The molecule has 1 aliphatic rings. The van der Waals surface area contributed by atoms with Crippen molar-refractivity contribution in [3.8, 4) is 11.3 Å². The summed E-state index contributed by atoms with van der Waals surface area (Å²) in [6.07, 6.45) is 5.32. The number of hydrogen-bond donors (Lipinski definition) is 1. The Morgan fingerprint density at radius 1 is 1.24 bits per heavy atom. The Balaban J connectivity index is 1.62. The largest absolute Gasteiger partial charge is 0.293 e. The third kappa shape index (κ3) is 3.38. The van der Waals surface area contributed by atoms with Crippen LogP contribution in [-0.2, 0) is 4.79 Å². The van der Waals surface area contributed by atoms with Gasteiger partial charge in [0.15, 0.2) is 0 Å². The van der Waals surface area contributed by atoms with Crippen LogP contribution in [0.3, 0.4) is 0 Å². The van der Waals surface area contributed by atoms with Gasteiger partial charge < -0.3 is 0 Å². The molecule has 130 valence electrons. The highest BCUT2D eigenvalue weighted by molar-refractivity contribution is 7.15. The Morgan fingerprint density at radius 2 is 2.04 bits per heavy atom. The molecule has 0 unspecified atom stereocenters. The number of nitrogens with one attached hydrogen (secondary N) is 1. The van der Waals surface area contributed by atoms with Crippen LogP contribution in [0.1, 0.15) is 32.1 Å². The SMILES string of the molecule is O=C(Nc1nc2scc(-c3cc(Cl)ccc3Cl)n2n1)C1CCCCC1. The minimum absolute atomic E-state index is 0.0142. The van der Waals surface area contributed by atoms with Crippen molar-refractivity contribution in [2.75, 3.05) is 5.32 Å². The zero-order valence-electron chi connectivity index (χ0n) is 13.3. The molecule has 2 heterocycles. The molecule has 1 amide bonds. The molecule has 3 aromatic rings. The fraction of sp³-hybridized carbons (Fsp3) is 0.353. The number of thiazole rings is 1. The Labute approximate surface area is 159 Å². The van der Waals surface area contributed by atoms with Crippen molar-refractivity contribution < 1.29 is 4.79 Å². The summed E-state index contributed by atoms with van der Waals surface area (Å²) in [7, 11) is 0. The van der Waals surface area contributed by atoms with Crippen LogP contribution < -0.4 is 5.32 Å². The first-order chi connectivity index (χ1) is 12.1. The Morgan fingerprint density at radius 3 is 2.84 bits per heavy atom. The Hall–Kier alpha value is -1.63. The molecular formula is C17H16Cl2N4OS. The number of fused-ring (bicyclic) bond motifs is 1. The standard InChI is InChI=1S/C17H16Cl2N4OS/c18-11-6-7-13(19)12(8-11)14-9-25-17-21-16(22-23(14)17)20-15(24)10-4-2-1-3-5-10/h6-10H,1-5H2,(H,20,22,24). The van der Waals surface area contributed by atoms with Gasteiger partial charge >= 0.3 is 0 Å². The summed E-state index contributed by atoms with van der Waals surface area (Å²) < 4.78 is 1.69. The lowest BCUT2D eigenvalue weighted by Crippen LogP contribution is -2.25. The summed E-state index contributed by atoms with van der Waals surface area (Å²) in [5.41, 5.74) is 1.59. The van der Waals surface area contributed by atoms with E-state index in [9.17, 15) is 4.79 Å². The molecule has 0 radical (unpaired) electrons. The minimum atomic E-state index is 0.0142. The quantitative estimate of drug-likeness (QED) is 0.656. The van der Waals surface area contributed by atoms with Gasteiger partial charge in [-0.25, -0.2) is 4.52 Å². The minimum Gasteiger partial charge on any atom is -0.293 e. The molecule has 1 aliphatic carbocycles. The maximum atomic E-state index is 12.4. The van der Waals surface area contributed by atoms with Crippen LogP contribution >= 0.6 is 34.5 Å². The van der Waals surface area contributed by atoms with Crippen LogP contribution in [-0.4, -0.2) is 20.5 Å². The average Bonchev–Trinajstić information content (AvgIpc) is 3.18. The lowest BCUT2D eigenvalue weighted by atomic mass is 9.89. The van der Waals surface area contributed by atoms with Crippen LogP contribution in [0.2, 0.25) is 10.0 Å². The third-order valence-electron chi connectivity index (χ3n) is 4.50. The summed E-state index contributed by atoms with van der Waals surface area (Å²) in [5, 5.41) is 10.4. The second-order valence-corrected chi connectivity index (χ2v) is 7.88. The van der Waals surface area contributed by atoms with Crippen molar-refractivity contribution in [2.24, 2.45) is 5.92 Å². The molecule has 1 fully saturated rings. The zero-order valence-corrected chi connectivity index (χ0v) is 15.7. The van der Waals surface area contributed by atoms with Crippen molar-refractivity contribution in [3.05, 3.63) is 33.6 Å². The number of nitrogens with zero attached hydrogens (tertiary/aromatic N) is 3. The van der Waals surface area contributed by atoms with E-state index in [0.29, 0.717) is 21.0 Å². The molecule has 2 aromatic heterocycles. The maximum absolute atomic E-state index is 12.4.